The van der Waals surface area contributed by atoms with Gasteiger partial charge in [0.1, 0.15) is 6.04 Å². The number of carbonyl (C=O) groups excluding carboxylic acids is 3. The lowest BCUT2D eigenvalue weighted by molar-refractivity contribution is -0.141. The van der Waals surface area contributed by atoms with Gasteiger partial charge in [0, 0.05) is 42.1 Å². The van der Waals surface area contributed by atoms with E-state index in [0.717, 1.165) is 0 Å². The Morgan fingerprint density at radius 3 is 2.70 bits per heavy atom. The van der Waals surface area contributed by atoms with E-state index >= 15 is 0 Å². The Labute approximate surface area is 218 Å². The number of carbonyl (C=O) groups is 4. The predicted molar refractivity (Wildman–Crippen MR) is 135 cm³/mol. The van der Waals surface area contributed by atoms with Crippen LogP contribution < -0.4 is 16.0 Å². The number of nitrogens with one attached hydrogen (secondary N) is 3. The summed E-state index contributed by atoms with van der Waals surface area (Å²) in [5.41, 5.74) is 0.799. The van der Waals surface area contributed by atoms with Gasteiger partial charge in [-0.15, -0.1) is 0 Å². The van der Waals surface area contributed by atoms with Gasteiger partial charge in [0.05, 0.1) is 12.2 Å². The number of anilines is 2. The molecule has 0 saturated carbocycles. The summed E-state index contributed by atoms with van der Waals surface area (Å²) in [7, 11) is 1.50. The first-order valence-electron chi connectivity index (χ1n) is 11.7. The molecule has 0 radical (unpaired) electrons. The third-order valence-corrected chi connectivity index (χ3v) is 6.61. The highest BCUT2D eigenvalue weighted by Gasteiger charge is 2.47. The maximum atomic E-state index is 13.6. The first-order valence-corrected chi connectivity index (χ1v) is 12.1. The Morgan fingerprint density at radius 1 is 1.24 bits per heavy atom. The third kappa shape index (κ3) is 5.95. The summed E-state index contributed by atoms with van der Waals surface area (Å²) in [4.78, 5) is 51.3. The van der Waals surface area contributed by atoms with Crippen LogP contribution in [0.25, 0.3) is 0 Å². The molecule has 2 aromatic carbocycles. The van der Waals surface area contributed by atoms with E-state index in [1.165, 1.54) is 31.4 Å². The summed E-state index contributed by atoms with van der Waals surface area (Å²) in [6.45, 7) is 0.770. The minimum Gasteiger partial charge on any atom is -0.465 e. The number of likely N-dealkylation sites (tertiary alicyclic amines) is 1. The molecule has 1 saturated heterocycles. The van der Waals surface area contributed by atoms with Crippen molar-refractivity contribution in [3.8, 4) is 0 Å². The summed E-state index contributed by atoms with van der Waals surface area (Å²) >= 11 is 6.23. The summed E-state index contributed by atoms with van der Waals surface area (Å²) < 4.78 is 10.9. The molecule has 12 heteroatoms. The zero-order valence-corrected chi connectivity index (χ0v) is 20.8. The SMILES string of the molecule is COCC[C@H](NC(=O)c1ccc(NC(=O)O)cc1)C(=O)N1CCC[C@@]2(C1)OC(=O)Nc1ccc(Cl)cc12. The number of piperidine rings is 1. The number of hydrogen-bond donors (Lipinski definition) is 4. The molecule has 0 aromatic heterocycles. The first-order chi connectivity index (χ1) is 17.7. The van der Waals surface area contributed by atoms with Gasteiger partial charge in [-0.3, -0.25) is 20.2 Å². The van der Waals surface area contributed by atoms with Crippen LogP contribution in [0.15, 0.2) is 42.5 Å². The van der Waals surface area contributed by atoms with Gasteiger partial charge in [-0.05, 0) is 61.7 Å². The van der Waals surface area contributed by atoms with Crippen LogP contribution >= 0.6 is 11.6 Å². The highest BCUT2D eigenvalue weighted by molar-refractivity contribution is 6.30. The van der Waals surface area contributed by atoms with Crippen LogP contribution in [0.2, 0.25) is 5.02 Å². The van der Waals surface area contributed by atoms with Crippen molar-refractivity contribution >= 4 is 47.0 Å². The lowest BCUT2D eigenvalue weighted by atomic mass is 9.83. The van der Waals surface area contributed by atoms with E-state index in [1.54, 1.807) is 23.1 Å². The second kappa shape index (κ2) is 11.1. The zero-order valence-electron chi connectivity index (χ0n) is 20.1. The van der Waals surface area contributed by atoms with E-state index in [9.17, 15) is 19.2 Å². The number of nitrogens with zero attached hydrogens (tertiary/aromatic N) is 1. The quantitative estimate of drug-likeness (QED) is 0.427. The summed E-state index contributed by atoms with van der Waals surface area (Å²) in [5.74, 6) is -0.819. The molecular formula is C25H27ClN4O7. The normalized spacial score (nSPS) is 19.3. The monoisotopic (exact) mass is 530 g/mol. The number of fused-ring (bicyclic) bond motifs is 2. The molecule has 2 aromatic rings. The fourth-order valence-corrected chi connectivity index (χ4v) is 4.84. The van der Waals surface area contributed by atoms with Crippen molar-refractivity contribution < 1.29 is 33.8 Å². The largest absolute Gasteiger partial charge is 0.465 e. The molecule has 2 aliphatic rings. The Bertz CT molecular complexity index is 1210. The van der Waals surface area contributed by atoms with Crippen molar-refractivity contribution in [1.82, 2.24) is 10.2 Å². The van der Waals surface area contributed by atoms with Gasteiger partial charge >= 0.3 is 12.2 Å². The van der Waals surface area contributed by atoms with Gasteiger partial charge in [-0.1, -0.05) is 11.6 Å². The van der Waals surface area contributed by atoms with Crippen molar-refractivity contribution in [1.29, 1.82) is 0 Å². The van der Waals surface area contributed by atoms with Crippen LogP contribution in [0.3, 0.4) is 0 Å². The van der Waals surface area contributed by atoms with E-state index in [4.69, 9.17) is 26.2 Å². The van der Waals surface area contributed by atoms with E-state index in [1.807, 2.05) is 0 Å². The van der Waals surface area contributed by atoms with Gasteiger partial charge < -0.3 is 24.8 Å². The average molecular weight is 531 g/mol. The number of halogens is 1. The molecule has 2 heterocycles. The molecule has 2 aliphatic heterocycles. The number of rotatable bonds is 7. The molecule has 4 N–H and O–H groups in total. The van der Waals surface area contributed by atoms with Crippen LogP contribution in [-0.4, -0.2) is 66.9 Å². The Morgan fingerprint density at radius 2 is 2.00 bits per heavy atom. The van der Waals surface area contributed by atoms with Gasteiger partial charge in [-0.25, -0.2) is 9.59 Å². The number of amides is 4. The average Bonchev–Trinajstić information content (AvgIpc) is 2.86. The number of benzene rings is 2. The second-order valence-corrected chi connectivity index (χ2v) is 9.31. The molecule has 11 nitrogen and oxygen atoms in total. The minimum absolute atomic E-state index is 0.113. The second-order valence-electron chi connectivity index (χ2n) is 8.88. The van der Waals surface area contributed by atoms with Crippen molar-refractivity contribution in [2.45, 2.75) is 30.9 Å². The first kappa shape index (κ1) is 26.2. The van der Waals surface area contributed by atoms with Crippen LogP contribution in [0.5, 0.6) is 0 Å². The van der Waals surface area contributed by atoms with Crippen LogP contribution in [-0.2, 0) is 19.9 Å². The smallest absolute Gasteiger partial charge is 0.412 e. The van der Waals surface area contributed by atoms with Crippen LogP contribution in [0.4, 0.5) is 21.0 Å². The number of ether oxygens (including phenoxy) is 2. The molecule has 37 heavy (non-hydrogen) atoms. The highest BCUT2D eigenvalue weighted by Crippen LogP contribution is 2.43. The summed E-state index contributed by atoms with van der Waals surface area (Å²) in [6.07, 6.45) is -0.495. The van der Waals surface area contributed by atoms with E-state index < -0.39 is 29.7 Å². The lowest BCUT2D eigenvalue weighted by Gasteiger charge is -2.45. The third-order valence-electron chi connectivity index (χ3n) is 6.38. The Balaban J connectivity index is 1.53. The van der Waals surface area contributed by atoms with Crippen molar-refractivity contribution in [3.05, 3.63) is 58.6 Å². The van der Waals surface area contributed by atoms with Crippen molar-refractivity contribution in [2.75, 3.05) is 37.4 Å². The summed E-state index contributed by atoms with van der Waals surface area (Å²) in [6, 6.07) is 10.1. The minimum atomic E-state index is -1.22. The topological polar surface area (TPSA) is 146 Å². The van der Waals surface area contributed by atoms with Gasteiger partial charge in [0.2, 0.25) is 5.91 Å². The van der Waals surface area contributed by atoms with Gasteiger partial charge in [-0.2, -0.15) is 0 Å². The van der Waals surface area contributed by atoms with Gasteiger partial charge in [0.25, 0.3) is 5.91 Å². The fourth-order valence-electron chi connectivity index (χ4n) is 4.67. The van der Waals surface area contributed by atoms with E-state index in [-0.39, 0.29) is 31.0 Å². The Kier molecular flexibility index (Phi) is 7.84. The molecule has 1 spiro atoms. The molecule has 4 amide bonds. The Hall–Kier alpha value is -3.83. The number of carboxylic acid groups (broad SMARTS) is 1. The van der Waals surface area contributed by atoms with E-state index in [0.29, 0.717) is 41.3 Å². The zero-order chi connectivity index (χ0) is 26.6. The molecule has 0 aliphatic carbocycles. The molecule has 4 rings (SSSR count). The number of hydrogen-bond acceptors (Lipinski definition) is 6. The standard InChI is InChI=1S/C25H27ClN4O7/c1-36-12-9-20(28-21(31)15-3-6-17(7-4-15)27-23(33)34)22(32)30-11-2-10-25(14-30)18-13-16(26)5-8-19(18)29-24(35)37-25/h3-8,13,20,27H,2,9-12,14H2,1H3,(H,28,31)(H,29,35)(H,33,34)/t20-,25-/m0/s1. The fraction of sp³-hybridized carbons (Fsp3) is 0.360. The van der Waals surface area contributed by atoms with Crippen molar-refractivity contribution in [3.63, 3.8) is 0 Å². The van der Waals surface area contributed by atoms with Crippen LogP contribution in [0, 0.1) is 0 Å². The summed E-state index contributed by atoms with van der Waals surface area (Å²) in [5, 5.41) is 17.0. The maximum Gasteiger partial charge on any atom is 0.412 e. The maximum absolute atomic E-state index is 13.6. The molecule has 196 valence electrons. The molecule has 1 fully saturated rings. The number of methoxy groups -OCH3 is 1. The van der Waals surface area contributed by atoms with Gasteiger partial charge in [0.15, 0.2) is 5.60 Å². The van der Waals surface area contributed by atoms with Crippen LogP contribution in [0.1, 0.15) is 35.2 Å². The lowest BCUT2D eigenvalue weighted by Crippen LogP contribution is -2.57. The molecule has 0 bridgehead atoms. The highest BCUT2D eigenvalue weighted by atomic mass is 35.5. The molecule has 2 atom stereocenters. The van der Waals surface area contributed by atoms with Crippen molar-refractivity contribution in [2.24, 2.45) is 0 Å². The molecular weight excluding hydrogens is 504 g/mol. The molecule has 0 unspecified atom stereocenters. The predicted octanol–water partition coefficient (Wildman–Crippen LogP) is 3.64. The van der Waals surface area contributed by atoms with E-state index in [2.05, 4.69) is 16.0 Å².